The molecule has 0 aliphatic carbocycles. The molecule has 3 aromatic carbocycles. The van der Waals surface area contributed by atoms with Gasteiger partial charge >= 0.3 is 35.8 Å². The SMILES string of the molecule is CCc1c(-c2ccc(N3CCCCC3)cc2)[nH]c(=O)c(C(=O)O)c1O.CCc1c(-c2ccc(N3CCNCC3)cn2)[nH]c(=O)c(C(=O)O)c1O.CCc1c(-c2ccc(N3CCOCC3)cn2)[nH]c(=O)c(C(=O)O)c1O.CCc1cc(C(=O)O)c(=O)[nH]c1-c1ccc(N2CCC2)cc1.CCc1cc(C(=O)O)c(=O)[nH]c1-c1ccc(N2CCCC2=O)cn1.CCc1cc(C(=O)O)c(=O)[nH]c1-c1ccc(N2CCOCC2)cc1. The molecule has 12 aromatic rings. The first-order valence-corrected chi connectivity index (χ1v) is 48.0. The number of amides is 1. The van der Waals surface area contributed by atoms with Gasteiger partial charge in [0, 0.05) is 125 Å². The van der Waals surface area contributed by atoms with Crippen molar-refractivity contribution in [3.63, 3.8) is 0 Å². The fraction of sp³-hybridized carbons (Fsp3) is 0.333. The predicted octanol–water partition coefficient (Wildman–Crippen LogP) is 11.5. The van der Waals surface area contributed by atoms with E-state index in [1.54, 1.807) is 61.6 Å². The van der Waals surface area contributed by atoms with Crippen molar-refractivity contribution in [2.75, 3.05) is 141 Å². The van der Waals surface area contributed by atoms with Crippen LogP contribution in [0.25, 0.3) is 67.9 Å². The maximum Gasteiger partial charge on any atom is 0.345 e. The minimum atomic E-state index is -1.46. The Balaban J connectivity index is 0.000000146. The standard InChI is InChI=1S/C19H22N2O4.C18H20N2O4.C17H20N4O4.C17H19N3O5.C17H17N3O4.C17H18N2O3/c1-2-14-16(20-18(23)15(17(14)22)19(24)25)12-6-8-13(9-7-12)21-10-4-3-5-11-21;1-2-12-11-15(18(22)23)17(21)19-16(12)13-3-5-14(6-4-13)20-7-9-24-10-8-20;1-2-11-14(20-16(23)13(15(11)22)17(24)25)12-4-3-10(9-19-12)21-7-5-18-6-8-21;1-2-11-14(19-16(22)13(15(11)21)17(23)24)12-4-3-10(9-18-12)20-5-7-25-8-6-20;1-2-10-8-12(17(23)24)16(22)19-15(10)13-6-5-11(9-18-13)20-7-3-4-14(20)21;1-2-11-10-14(17(21)22)16(20)18-15(11)12-4-6-13(7-5-12)19-8-3-9-19/h6-9H,2-5,10-11H2,1H3,(H,24,25)(H2,20,22,23);3-6,11H,2,7-10H2,1H3,(H,19,21)(H,22,23);3-4,9,18H,2,5-8H2,1H3,(H,24,25)(H2,20,22,23);3-4,9H,2,5-8H2,1H3,(H,23,24)(H2,19,21,22);5-6,8-9H,2-4,7H2,1H3,(H,19,22)(H,23,24);4-7,10H,2-3,8-9H2,1H3,(H,18,20)(H,21,22). The van der Waals surface area contributed by atoms with Crippen molar-refractivity contribution in [2.24, 2.45) is 0 Å². The van der Waals surface area contributed by atoms with Crippen molar-refractivity contribution >= 4 is 75.8 Å². The number of aryl methyl sites for hydroxylation is 3. The van der Waals surface area contributed by atoms with E-state index in [1.807, 2.05) is 113 Å². The molecular formula is C105H116N16O24. The van der Waals surface area contributed by atoms with Gasteiger partial charge in [-0.2, -0.15) is 0 Å². The summed E-state index contributed by atoms with van der Waals surface area (Å²) in [6, 6.07) is 38.9. The van der Waals surface area contributed by atoms with Crippen molar-refractivity contribution < 1.29 is 89.0 Å². The second-order valence-electron chi connectivity index (χ2n) is 34.6. The van der Waals surface area contributed by atoms with E-state index in [-0.39, 0.29) is 22.6 Å². The molecule has 40 nitrogen and oxygen atoms in total. The lowest BCUT2D eigenvalue weighted by atomic mass is 10.00. The Morgan fingerprint density at radius 1 is 0.303 bits per heavy atom. The third-order valence-electron chi connectivity index (χ3n) is 25.8. The highest BCUT2D eigenvalue weighted by molar-refractivity contribution is 5.97. The number of aromatic nitrogens is 9. The van der Waals surface area contributed by atoms with Crippen LogP contribution in [0.3, 0.4) is 0 Å². The molecule has 0 radical (unpaired) electrons. The predicted molar refractivity (Wildman–Crippen MR) is 547 cm³/mol. The van der Waals surface area contributed by atoms with Gasteiger partial charge in [-0.15, -0.1) is 0 Å². The Labute approximate surface area is 830 Å². The molecule has 6 fully saturated rings. The molecule has 0 saturated carbocycles. The van der Waals surface area contributed by atoms with Gasteiger partial charge in [0.2, 0.25) is 5.91 Å². The van der Waals surface area contributed by atoms with Crippen molar-refractivity contribution in [3.8, 4) is 85.2 Å². The summed E-state index contributed by atoms with van der Waals surface area (Å²) in [5.74, 6) is -9.39. The average Bonchev–Trinajstić information content (AvgIpc) is 1.77. The van der Waals surface area contributed by atoms with Crippen molar-refractivity contribution in [2.45, 2.75) is 119 Å². The Hall–Kier alpha value is -16.6. The third kappa shape index (κ3) is 24.9. The fourth-order valence-corrected chi connectivity index (χ4v) is 17.8. The first kappa shape index (κ1) is 106. The molecule has 145 heavy (non-hydrogen) atoms. The van der Waals surface area contributed by atoms with Crippen LogP contribution in [0.2, 0.25) is 0 Å². The number of carbonyl (C=O) groups excluding carboxylic acids is 1. The number of anilines is 6. The van der Waals surface area contributed by atoms with Crippen LogP contribution in [0.1, 0.15) is 176 Å². The highest BCUT2D eigenvalue weighted by atomic mass is 16.5. The number of piperidine rings is 1. The summed E-state index contributed by atoms with van der Waals surface area (Å²) in [7, 11) is 0. The number of pyridine rings is 9. The first-order valence-electron chi connectivity index (χ1n) is 48.0. The number of aromatic amines is 6. The molecule has 0 spiro atoms. The van der Waals surface area contributed by atoms with Crippen molar-refractivity contribution in [1.29, 1.82) is 0 Å². The Kier molecular flexibility index (Phi) is 35.5. The van der Waals surface area contributed by atoms with Gasteiger partial charge in [0.15, 0.2) is 16.7 Å². The summed E-state index contributed by atoms with van der Waals surface area (Å²) >= 11 is 0. The summed E-state index contributed by atoms with van der Waals surface area (Å²) in [5, 5.41) is 88.4. The molecule has 1 amide bonds. The number of ether oxygens (including phenoxy) is 2. The van der Waals surface area contributed by atoms with Gasteiger partial charge in [-0.1, -0.05) is 77.9 Å². The number of nitrogens with one attached hydrogen (secondary N) is 7. The summed E-state index contributed by atoms with van der Waals surface area (Å²) in [4.78, 5) is 192. The van der Waals surface area contributed by atoms with Gasteiger partial charge in [0.25, 0.3) is 33.4 Å². The number of hydrogen-bond acceptors (Lipinski definition) is 27. The van der Waals surface area contributed by atoms with Crippen LogP contribution in [0.5, 0.6) is 17.2 Å². The van der Waals surface area contributed by atoms with Crippen LogP contribution in [0.15, 0.2) is 175 Å². The number of carboxylic acids is 6. The summed E-state index contributed by atoms with van der Waals surface area (Å²) < 4.78 is 10.7. The van der Waals surface area contributed by atoms with Gasteiger partial charge in [0.05, 0.1) is 113 Å². The van der Waals surface area contributed by atoms with E-state index in [9.17, 15) is 77.6 Å². The minimum absolute atomic E-state index is 0.0815. The Morgan fingerprint density at radius 2 is 0.600 bits per heavy atom. The topological polar surface area (TPSA) is 587 Å². The lowest BCUT2D eigenvalue weighted by Gasteiger charge is -2.33. The van der Waals surface area contributed by atoms with Crippen LogP contribution < -0.4 is 68.1 Å². The van der Waals surface area contributed by atoms with E-state index in [0.717, 1.165) is 154 Å². The normalized spacial score (nSPS) is 14.4. The van der Waals surface area contributed by atoms with Crippen LogP contribution in [0.4, 0.5) is 34.1 Å². The number of carboxylic acid groups (broad SMARTS) is 6. The smallest absolute Gasteiger partial charge is 0.345 e. The molecule has 6 aliphatic rings. The van der Waals surface area contributed by atoms with E-state index in [1.165, 1.54) is 49.6 Å². The zero-order valence-corrected chi connectivity index (χ0v) is 81.0. The number of aromatic carboxylic acids is 6. The molecule has 9 aromatic heterocycles. The number of benzene rings is 3. The number of morpholine rings is 2. The second-order valence-corrected chi connectivity index (χ2v) is 34.6. The van der Waals surface area contributed by atoms with Crippen LogP contribution in [0, 0.1) is 0 Å². The monoisotopic (exact) mass is 1980 g/mol. The number of hydrogen-bond donors (Lipinski definition) is 16. The number of aromatic hydroxyl groups is 3. The molecule has 15 heterocycles. The van der Waals surface area contributed by atoms with E-state index in [2.05, 4.69) is 74.7 Å². The molecule has 6 saturated heterocycles. The van der Waals surface area contributed by atoms with Gasteiger partial charge in [-0.3, -0.25) is 48.5 Å². The number of rotatable bonds is 24. The first-order chi connectivity index (χ1) is 69.8. The van der Waals surface area contributed by atoms with E-state index < -0.39 is 103 Å². The van der Waals surface area contributed by atoms with Crippen LogP contribution in [-0.4, -0.2) is 244 Å². The number of H-pyrrole nitrogens is 6. The lowest BCUT2D eigenvalue weighted by molar-refractivity contribution is -0.117. The molecule has 0 unspecified atom stereocenters. The van der Waals surface area contributed by atoms with Gasteiger partial charge in [-0.25, -0.2) is 28.8 Å². The quantitative estimate of drug-likeness (QED) is 0.0267. The highest BCUT2D eigenvalue weighted by Crippen LogP contribution is 2.37. The Bertz CT molecular complexity index is 6760. The molecule has 6 aliphatic heterocycles. The Morgan fingerprint density at radius 3 is 0.917 bits per heavy atom. The fourth-order valence-electron chi connectivity index (χ4n) is 17.8. The molecule has 40 heteroatoms. The number of carbonyl (C=O) groups is 7. The molecule has 760 valence electrons. The summed E-state index contributed by atoms with van der Waals surface area (Å²) in [5.41, 5.74) is 9.73. The van der Waals surface area contributed by atoms with Crippen LogP contribution in [-0.2, 0) is 52.8 Å². The van der Waals surface area contributed by atoms with E-state index >= 15 is 0 Å². The average molecular weight is 1990 g/mol. The molecule has 16 N–H and O–H groups in total. The van der Waals surface area contributed by atoms with E-state index in [4.69, 9.17) is 40.1 Å². The number of nitrogens with zero attached hydrogens (tertiary/aromatic N) is 9. The zero-order valence-electron chi connectivity index (χ0n) is 81.0. The largest absolute Gasteiger partial charge is 0.506 e. The van der Waals surface area contributed by atoms with Gasteiger partial charge < -0.3 is 120 Å². The highest BCUT2D eigenvalue weighted by Gasteiger charge is 2.30. The molecule has 0 atom stereocenters. The van der Waals surface area contributed by atoms with Gasteiger partial charge in [-0.05, 0) is 195 Å². The third-order valence-corrected chi connectivity index (χ3v) is 25.8. The maximum absolute atomic E-state index is 12.1. The summed E-state index contributed by atoms with van der Waals surface area (Å²) in [6.45, 7) is 25.8. The number of piperazine rings is 1. The lowest BCUT2D eigenvalue weighted by Crippen LogP contribution is -2.43. The van der Waals surface area contributed by atoms with Crippen molar-refractivity contribution in [3.05, 3.63) is 275 Å². The minimum Gasteiger partial charge on any atom is -0.506 e. The van der Waals surface area contributed by atoms with E-state index in [0.29, 0.717) is 138 Å². The van der Waals surface area contributed by atoms with Crippen LogP contribution >= 0.6 is 0 Å². The zero-order chi connectivity index (χ0) is 104. The molecule has 0 bridgehead atoms. The second kappa shape index (κ2) is 48.7. The molecule has 18 rings (SSSR count). The van der Waals surface area contributed by atoms with Gasteiger partial charge in [0.1, 0.15) is 33.9 Å². The maximum atomic E-state index is 12.1. The van der Waals surface area contributed by atoms with Crippen molar-refractivity contribution in [1.82, 2.24) is 50.2 Å². The molecular weight excluding hydrogens is 1870 g/mol. The summed E-state index contributed by atoms with van der Waals surface area (Å²) in [6.07, 6.45) is 14.3.